The number of nitrogen functional groups attached to an aromatic ring is 1. The molecular weight excluding hydrogens is 274 g/mol. The summed E-state index contributed by atoms with van der Waals surface area (Å²) in [5.74, 6) is 0.152. The van der Waals surface area contributed by atoms with E-state index in [1.165, 1.54) is 11.3 Å². The molecular formula is C13H25N5OS. The summed E-state index contributed by atoms with van der Waals surface area (Å²) in [6, 6.07) is 0.0757. The second kappa shape index (κ2) is 7.44. The first-order valence-electron chi connectivity index (χ1n) is 6.85. The first-order chi connectivity index (χ1) is 9.38. The largest absolute Gasteiger partial charge is 0.382 e. The topological polar surface area (TPSA) is 74.5 Å². The minimum absolute atomic E-state index is 0.0757. The molecule has 1 rings (SSSR count). The van der Waals surface area contributed by atoms with Gasteiger partial charge in [-0.25, -0.2) is 4.98 Å². The number of nitrogens with zero attached hydrogens (tertiary/aromatic N) is 3. The van der Waals surface area contributed by atoms with Crippen molar-refractivity contribution in [2.45, 2.75) is 26.8 Å². The van der Waals surface area contributed by atoms with Gasteiger partial charge in [0, 0.05) is 26.7 Å². The van der Waals surface area contributed by atoms with Gasteiger partial charge in [-0.05, 0) is 20.0 Å². The second-order valence-electron chi connectivity index (χ2n) is 4.97. The van der Waals surface area contributed by atoms with Gasteiger partial charge in [-0.3, -0.25) is 4.79 Å². The lowest BCUT2D eigenvalue weighted by molar-refractivity contribution is 0.0935. The van der Waals surface area contributed by atoms with Gasteiger partial charge in [0.15, 0.2) is 5.13 Å². The fourth-order valence-electron chi connectivity index (χ4n) is 1.88. The standard InChI is InChI=1S/C13H25N5OS/c1-6-18(7-2)8-9(3)15-12(19)10-11(14)16-13(20-10)17(4)5/h9H,6-8,14H2,1-5H3,(H,15,19). The molecule has 1 unspecified atom stereocenters. The molecule has 7 heteroatoms. The number of amides is 1. The smallest absolute Gasteiger partial charge is 0.265 e. The zero-order valence-electron chi connectivity index (χ0n) is 12.9. The summed E-state index contributed by atoms with van der Waals surface area (Å²) in [6.45, 7) is 9.01. The Bertz CT molecular complexity index is 442. The highest BCUT2D eigenvalue weighted by atomic mass is 32.1. The van der Waals surface area contributed by atoms with Crippen LogP contribution < -0.4 is 16.0 Å². The molecule has 1 amide bonds. The Hall–Kier alpha value is -1.34. The summed E-state index contributed by atoms with van der Waals surface area (Å²) in [6.07, 6.45) is 0. The van der Waals surface area contributed by atoms with Gasteiger partial charge in [-0.15, -0.1) is 0 Å². The second-order valence-corrected chi connectivity index (χ2v) is 5.94. The first kappa shape index (κ1) is 16.7. The Morgan fingerprint density at radius 3 is 2.45 bits per heavy atom. The molecule has 114 valence electrons. The molecule has 0 bridgehead atoms. The van der Waals surface area contributed by atoms with Crippen LogP contribution in [-0.2, 0) is 0 Å². The Morgan fingerprint density at radius 1 is 1.40 bits per heavy atom. The van der Waals surface area contributed by atoms with Crippen LogP contribution in [0.2, 0.25) is 0 Å². The van der Waals surface area contributed by atoms with Gasteiger partial charge in [-0.2, -0.15) is 0 Å². The number of nitrogens with two attached hydrogens (primary N) is 1. The predicted molar refractivity (Wildman–Crippen MR) is 85.6 cm³/mol. The van der Waals surface area contributed by atoms with Crippen LogP contribution in [0.25, 0.3) is 0 Å². The third-order valence-electron chi connectivity index (χ3n) is 3.03. The number of hydrogen-bond acceptors (Lipinski definition) is 6. The Kier molecular flexibility index (Phi) is 6.22. The van der Waals surface area contributed by atoms with Gasteiger partial charge < -0.3 is 20.9 Å². The monoisotopic (exact) mass is 299 g/mol. The molecule has 3 N–H and O–H groups in total. The molecule has 0 aromatic carbocycles. The van der Waals surface area contributed by atoms with Crippen LogP contribution in [0.3, 0.4) is 0 Å². The van der Waals surface area contributed by atoms with Crippen LogP contribution >= 0.6 is 11.3 Å². The van der Waals surface area contributed by atoms with E-state index in [9.17, 15) is 4.79 Å². The van der Waals surface area contributed by atoms with Crippen LogP contribution in [0, 0.1) is 0 Å². The van der Waals surface area contributed by atoms with Gasteiger partial charge >= 0.3 is 0 Å². The lowest BCUT2D eigenvalue weighted by Gasteiger charge is -2.23. The van der Waals surface area contributed by atoms with Crippen molar-refractivity contribution >= 4 is 28.2 Å². The molecule has 1 aromatic rings. The minimum atomic E-state index is -0.146. The summed E-state index contributed by atoms with van der Waals surface area (Å²) < 4.78 is 0. The molecule has 0 aliphatic rings. The first-order valence-corrected chi connectivity index (χ1v) is 7.67. The van der Waals surface area contributed by atoms with E-state index in [0.717, 1.165) is 24.8 Å². The zero-order chi connectivity index (χ0) is 15.3. The van der Waals surface area contributed by atoms with Gasteiger partial charge in [0.05, 0.1) is 0 Å². The maximum Gasteiger partial charge on any atom is 0.265 e. The lowest BCUT2D eigenvalue weighted by atomic mass is 10.3. The van der Waals surface area contributed by atoms with Gasteiger partial charge in [0.2, 0.25) is 0 Å². The van der Waals surface area contributed by atoms with Gasteiger partial charge in [0.1, 0.15) is 10.7 Å². The summed E-state index contributed by atoms with van der Waals surface area (Å²) in [5.41, 5.74) is 5.81. The summed E-state index contributed by atoms with van der Waals surface area (Å²) in [5, 5.41) is 3.72. The lowest BCUT2D eigenvalue weighted by Crippen LogP contribution is -2.41. The molecule has 1 heterocycles. The van der Waals surface area contributed by atoms with Crippen molar-refractivity contribution in [1.82, 2.24) is 15.2 Å². The van der Waals surface area contributed by atoms with Gasteiger partial charge in [-0.1, -0.05) is 25.2 Å². The van der Waals surface area contributed by atoms with Crippen LogP contribution in [0.4, 0.5) is 10.9 Å². The zero-order valence-corrected chi connectivity index (χ0v) is 13.8. The van der Waals surface area contributed by atoms with Crippen LogP contribution in [-0.4, -0.2) is 55.6 Å². The Morgan fingerprint density at radius 2 is 2.00 bits per heavy atom. The molecule has 0 saturated carbocycles. The number of hydrogen-bond donors (Lipinski definition) is 2. The van der Waals surface area contributed by atoms with Crippen LogP contribution in [0.5, 0.6) is 0 Å². The molecule has 6 nitrogen and oxygen atoms in total. The van der Waals surface area contributed by atoms with E-state index >= 15 is 0 Å². The van der Waals surface area contributed by atoms with E-state index in [4.69, 9.17) is 5.73 Å². The average Bonchev–Trinajstić information content (AvgIpc) is 2.78. The highest BCUT2D eigenvalue weighted by Crippen LogP contribution is 2.26. The van der Waals surface area contributed by atoms with E-state index < -0.39 is 0 Å². The third-order valence-corrected chi connectivity index (χ3v) is 4.27. The molecule has 0 radical (unpaired) electrons. The van der Waals surface area contributed by atoms with E-state index in [2.05, 4.69) is 29.0 Å². The highest BCUT2D eigenvalue weighted by molar-refractivity contribution is 7.18. The molecule has 0 saturated heterocycles. The quantitative estimate of drug-likeness (QED) is 0.792. The molecule has 0 spiro atoms. The Balaban J connectivity index is 2.66. The number of carbonyl (C=O) groups is 1. The van der Waals surface area contributed by atoms with Gasteiger partial charge in [0.25, 0.3) is 5.91 Å². The fourth-order valence-corrected chi connectivity index (χ4v) is 2.69. The number of aromatic nitrogens is 1. The number of anilines is 2. The van der Waals surface area contributed by atoms with Crippen LogP contribution in [0.15, 0.2) is 0 Å². The van der Waals surface area contributed by atoms with Crippen molar-refractivity contribution in [3.8, 4) is 0 Å². The van der Waals surface area contributed by atoms with E-state index in [-0.39, 0.29) is 11.9 Å². The number of nitrogens with one attached hydrogen (secondary N) is 1. The number of thiazole rings is 1. The normalized spacial score (nSPS) is 12.5. The third kappa shape index (κ3) is 4.35. The van der Waals surface area contributed by atoms with E-state index in [1.54, 1.807) is 0 Å². The summed E-state index contributed by atoms with van der Waals surface area (Å²) in [7, 11) is 3.76. The number of likely N-dealkylation sites (N-methyl/N-ethyl adjacent to an activating group) is 1. The van der Waals surface area contributed by atoms with Crippen molar-refractivity contribution in [2.75, 3.05) is 44.4 Å². The Labute approximate surface area is 125 Å². The minimum Gasteiger partial charge on any atom is -0.382 e. The SMILES string of the molecule is CCN(CC)CC(C)NC(=O)c1sc(N(C)C)nc1N. The van der Waals surface area contributed by atoms with E-state index in [1.807, 2.05) is 25.9 Å². The number of rotatable bonds is 7. The summed E-state index contributed by atoms with van der Waals surface area (Å²) in [4.78, 5) is 21.0. The number of carbonyl (C=O) groups excluding carboxylic acids is 1. The highest BCUT2D eigenvalue weighted by Gasteiger charge is 2.19. The molecule has 1 atom stereocenters. The van der Waals surface area contributed by atoms with E-state index in [0.29, 0.717) is 10.7 Å². The van der Waals surface area contributed by atoms with Crippen molar-refractivity contribution in [3.05, 3.63) is 4.88 Å². The van der Waals surface area contributed by atoms with Crippen LogP contribution in [0.1, 0.15) is 30.4 Å². The molecule has 0 fully saturated rings. The fraction of sp³-hybridized carbons (Fsp3) is 0.692. The average molecular weight is 299 g/mol. The molecule has 20 heavy (non-hydrogen) atoms. The summed E-state index contributed by atoms with van der Waals surface area (Å²) >= 11 is 1.31. The predicted octanol–water partition coefficient (Wildman–Crippen LogP) is 1.25. The van der Waals surface area contributed by atoms with Crippen molar-refractivity contribution < 1.29 is 4.79 Å². The van der Waals surface area contributed by atoms with Crippen molar-refractivity contribution in [1.29, 1.82) is 0 Å². The van der Waals surface area contributed by atoms with Crippen molar-refractivity contribution in [2.24, 2.45) is 0 Å². The molecule has 0 aliphatic heterocycles. The maximum atomic E-state index is 12.2. The van der Waals surface area contributed by atoms with Crippen molar-refractivity contribution in [3.63, 3.8) is 0 Å². The molecule has 0 aliphatic carbocycles. The molecule has 1 aromatic heterocycles. The maximum absolute atomic E-state index is 12.2.